The van der Waals surface area contributed by atoms with E-state index in [0.717, 1.165) is 32.7 Å². The first kappa shape index (κ1) is 21.3. The Morgan fingerprint density at radius 1 is 0.848 bits per heavy atom. The summed E-state index contributed by atoms with van der Waals surface area (Å²) in [7, 11) is 0. The van der Waals surface area contributed by atoms with Crippen molar-refractivity contribution in [1.82, 2.24) is 15.0 Å². The minimum Gasteiger partial charge on any atom is -0.301 e. The Labute approximate surface area is 200 Å². The normalized spacial score (nSPS) is 10.9. The highest BCUT2D eigenvalue weighted by molar-refractivity contribution is 7.99. The molecule has 0 unspecified atom stereocenters. The van der Waals surface area contributed by atoms with Crippen molar-refractivity contribution < 1.29 is 4.79 Å². The first-order valence-electron chi connectivity index (χ1n) is 10.4. The van der Waals surface area contributed by atoms with E-state index in [2.05, 4.69) is 16.4 Å². The van der Waals surface area contributed by atoms with Crippen molar-refractivity contribution in [1.29, 1.82) is 0 Å². The van der Waals surface area contributed by atoms with Gasteiger partial charge in [-0.1, -0.05) is 89.8 Å². The van der Waals surface area contributed by atoms with Crippen molar-refractivity contribution in [2.75, 3.05) is 11.1 Å². The molecule has 0 fully saturated rings. The number of nitrogens with one attached hydrogen (secondary N) is 1. The van der Waals surface area contributed by atoms with E-state index in [9.17, 15) is 4.79 Å². The fourth-order valence-corrected chi connectivity index (χ4v) is 5.01. The molecule has 33 heavy (non-hydrogen) atoms. The molecule has 0 aliphatic heterocycles. The van der Waals surface area contributed by atoms with E-state index in [1.54, 1.807) is 0 Å². The number of hydrogen-bond donors (Lipinski definition) is 1. The van der Waals surface area contributed by atoms with Crippen LogP contribution in [0.5, 0.6) is 0 Å². The Bertz CT molecular complexity index is 1360. The van der Waals surface area contributed by atoms with Gasteiger partial charge in [0.05, 0.1) is 27.4 Å². The Kier molecular flexibility index (Phi) is 6.15. The number of aryl methyl sites for hydroxylation is 1. The van der Waals surface area contributed by atoms with Gasteiger partial charge in [0.15, 0.2) is 10.3 Å². The summed E-state index contributed by atoms with van der Waals surface area (Å²) in [6.07, 6.45) is 0. The van der Waals surface area contributed by atoms with Crippen LogP contribution in [0.15, 0.2) is 90.1 Å². The lowest BCUT2D eigenvalue weighted by Gasteiger charge is -2.08. The van der Waals surface area contributed by atoms with Gasteiger partial charge in [0.1, 0.15) is 0 Å². The summed E-state index contributed by atoms with van der Waals surface area (Å²) in [5.74, 6) is 0.0623. The van der Waals surface area contributed by atoms with Crippen LogP contribution in [0.25, 0.3) is 32.7 Å². The lowest BCUT2D eigenvalue weighted by Crippen LogP contribution is -2.14. The van der Waals surface area contributed by atoms with Crippen molar-refractivity contribution >= 4 is 44.4 Å². The van der Waals surface area contributed by atoms with Crippen LogP contribution < -0.4 is 5.32 Å². The van der Waals surface area contributed by atoms with Crippen LogP contribution in [-0.4, -0.2) is 26.6 Å². The molecular formula is C26H20N4OS2. The van der Waals surface area contributed by atoms with Gasteiger partial charge in [-0.05, 0) is 30.7 Å². The SMILES string of the molecule is Cc1ccc2nc(NC(=O)CSc3nc(-c4ccccc4)cc(-c4ccccc4)n3)sc2c1. The van der Waals surface area contributed by atoms with Crippen molar-refractivity contribution in [2.24, 2.45) is 0 Å². The summed E-state index contributed by atoms with van der Waals surface area (Å²) in [5.41, 5.74) is 5.73. The maximum atomic E-state index is 12.6. The number of hydrogen-bond acceptors (Lipinski definition) is 6. The van der Waals surface area contributed by atoms with E-state index >= 15 is 0 Å². The van der Waals surface area contributed by atoms with Crippen LogP contribution in [0, 0.1) is 6.92 Å². The number of fused-ring (bicyclic) bond motifs is 1. The molecular weight excluding hydrogens is 448 g/mol. The molecule has 0 saturated heterocycles. The Hall–Kier alpha value is -3.55. The first-order valence-corrected chi connectivity index (χ1v) is 12.2. The fraction of sp³-hybridized carbons (Fsp3) is 0.0769. The molecule has 2 heterocycles. The van der Waals surface area contributed by atoms with E-state index in [1.165, 1.54) is 28.7 Å². The molecule has 162 valence electrons. The van der Waals surface area contributed by atoms with Gasteiger partial charge in [0.25, 0.3) is 0 Å². The first-order chi connectivity index (χ1) is 16.1. The van der Waals surface area contributed by atoms with Crippen LogP contribution in [-0.2, 0) is 4.79 Å². The quantitative estimate of drug-likeness (QED) is 0.229. The maximum Gasteiger partial charge on any atom is 0.236 e. The molecule has 0 aliphatic carbocycles. The summed E-state index contributed by atoms with van der Waals surface area (Å²) in [6.45, 7) is 2.04. The lowest BCUT2D eigenvalue weighted by atomic mass is 10.1. The number of benzene rings is 3. The highest BCUT2D eigenvalue weighted by atomic mass is 32.2. The number of rotatable bonds is 6. The van der Waals surface area contributed by atoms with Crippen LogP contribution in [0.1, 0.15) is 5.56 Å². The topological polar surface area (TPSA) is 67.8 Å². The van der Waals surface area contributed by atoms with Crippen molar-refractivity contribution in [2.45, 2.75) is 12.1 Å². The van der Waals surface area contributed by atoms with Crippen LogP contribution in [0.2, 0.25) is 0 Å². The number of nitrogens with zero attached hydrogens (tertiary/aromatic N) is 3. The second-order valence-corrected chi connectivity index (χ2v) is 9.45. The molecule has 1 amide bonds. The van der Waals surface area contributed by atoms with Gasteiger partial charge in [0, 0.05) is 11.1 Å². The molecule has 5 nitrogen and oxygen atoms in total. The minimum absolute atomic E-state index is 0.134. The average Bonchev–Trinajstić information content (AvgIpc) is 3.25. The molecule has 0 aliphatic rings. The number of carbonyl (C=O) groups excluding carboxylic acids is 1. The van der Waals surface area contributed by atoms with E-state index in [0.29, 0.717) is 10.3 Å². The number of aromatic nitrogens is 3. The molecule has 3 aromatic carbocycles. The zero-order valence-corrected chi connectivity index (χ0v) is 19.5. The monoisotopic (exact) mass is 468 g/mol. The fourth-order valence-electron chi connectivity index (χ4n) is 3.37. The van der Waals surface area contributed by atoms with Crippen LogP contribution in [0.4, 0.5) is 5.13 Å². The second-order valence-electron chi connectivity index (χ2n) is 7.48. The lowest BCUT2D eigenvalue weighted by molar-refractivity contribution is -0.113. The number of anilines is 1. The summed E-state index contributed by atoms with van der Waals surface area (Å²) in [6, 6.07) is 28.0. The number of amides is 1. The van der Waals surface area contributed by atoms with Gasteiger partial charge in [0.2, 0.25) is 5.91 Å². The second kappa shape index (κ2) is 9.52. The largest absolute Gasteiger partial charge is 0.301 e. The standard InChI is InChI=1S/C26H20N4OS2/c1-17-12-13-20-23(14-17)33-26(27-20)30-24(31)16-32-25-28-21(18-8-4-2-5-9-18)15-22(29-25)19-10-6-3-7-11-19/h2-15H,16H2,1H3,(H,27,30,31). The van der Waals surface area contributed by atoms with E-state index < -0.39 is 0 Å². The molecule has 0 atom stereocenters. The summed E-state index contributed by atoms with van der Waals surface area (Å²) < 4.78 is 1.06. The van der Waals surface area contributed by atoms with Gasteiger partial charge in [-0.15, -0.1) is 0 Å². The summed E-state index contributed by atoms with van der Waals surface area (Å²) in [4.78, 5) is 26.5. The van der Waals surface area contributed by atoms with E-state index in [4.69, 9.17) is 9.97 Å². The Morgan fingerprint density at radius 2 is 1.48 bits per heavy atom. The molecule has 0 radical (unpaired) electrons. The molecule has 0 spiro atoms. The molecule has 7 heteroatoms. The molecule has 0 bridgehead atoms. The Balaban J connectivity index is 1.36. The summed E-state index contributed by atoms with van der Waals surface area (Å²) in [5, 5.41) is 4.07. The number of carbonyl (C=O) groups is 1. The van der Waals surface area contributed by atoms with E-state index in [1.807, 2.05) is 85.8 Å². The number of thioether (sulfide) groups is 1. The third-order valence-corrected chi connectivity index (χ3v) is 6.75. The van der Waals surface area contributed by atoms with Crippen molar-refractivity contribution in [3.05, 3.63) is 90.5 Å². The molecule has 2 aromatic heterocycles. The van der Waals surface area contributed by atoms with Crippen LogP contribution >= 0.6 is 23.1 Å². The third kappa shape index (κ3) is 5.10. The smallest absolute Gasteiger partial charge is 0.236 e. The van der Waals surface area contributed by atoms with Gasteiger partial charge < -0.3 is 5.32 Å². The van der Waals surface area contributed by atoms with E-state index in [-0.39, 0.29) is 11.7 Å². The summed E-state index contributed by atoms with van der Waals surface area (Å²) >= 11 is 2.79. The average molecular weight is 469 g/mol. The van der Waals surface area contributed by atoms with Crippen LogP contribution in [0.3, 0.4) is 0 Å². The highest BCUT2D eigenvalue weighted by Crippen LogP contribution is 2.28. The Morgan fingerprint density at radius 3 is 2.12 bits per heavy atom. The van der Waals surface area contributed by atoms with Gasteiger partial charge in [-0.3, -0.25) is 4.79 Å². The van der Waals surface area contributed by atoms with Gasteiger partial charge >= 0.3 is 0 Å². The minimum atomic E-state index is -0.134. The maximum absolute atomic E-state index is 12.6. The molecule has 1 N–H and O–H groups in total. The third-order valence-electron chi connectivity index (χ3n) is 4.97. The van der Waals surface area contributed by atoms with Crippen molar-refractivity contribution in [3.63, 3.8) is 0 Å². The van der Waals surface area contributed by atoms with Gasteiger partial charge in [-0.2, -0.15) is 0 Å². The molecule has 5 aromatic rings. The zero-order chi connectivity index (χ0) is 22.6. The predicted octanol–water partition coefficient (Wildman–Crippen LogP) is 6.46. The molecule has 0 saturated carbocycles. The highest BCUT2D eigenvalue weighted by Gasteiger charge is 2.13. The zero-order valence-electron chi connectivity index (χ0n) is 17.9. The van der Waals surface area contributed by atoms with Crippen molar-refractivity contribution in [3.8, 4) is 22.5 Å². The molecule has 5 rings (SSSR count). The predicted molar refractivity (Wildman–Crippen MR) is 137 cm³/mol. The van der Waals surface area contributed by atoms with Gasteiger partial charge in [-0.25, -0.2) is 15.0 Å². The number of thiazole rings is 1.